The SMILES string of the molecule is CC1Cc2ccc(CC3(O)CC3)cc2S1. The molecule has 1 nitrogen and oxygen atoms in total. The minimum Gasteiger partial charge on any atom is -0.390 e. The van der Waals surface area contributed by atoms with Crippen LogP contribution in [0.15, 0.2) is 23.1 Å². The van der Waals surface area contributed by atoms with Gasteiger partial charge in [-0.1, -0.05) is 19.1 Å². The van der Waals surface area contributed by atoms with Crippen LogP contribution < -0.4 is 0 Å². The molecule has 1 unspecified atom stereocenters. The lowest BCUT2D eigenvalue weighted by Crippen LogP contribution is -2.10. The van der Waals surface area contributed by atoms with Crippen LogP contribution in [-0.2, 0) is 12.8 Å². The summed E-state index contributed by atoms with van der Waals surface area (Å²) in [6, 6.07) is 6.71. The average Bonchev–Trinajstić information content (AvgIpc) is 2.76. The molecule has 0 saturated heterocycles. The molecule has 0 amide bonds. The number of fused-ring (bicyclic) bond motifs is 1. The molecule has 80 valence electrons. The number of benzene rings is 1. The highest BCUT2D eigenvalue weighted by Gasteiger charge is 2.40. The maximum atomic E-state index is 9.88. The van der Waals surface area contributed by atoms with E-state index in [-0.39, 0.29) is 5.60 Å². The van der Waals surface area contributed by atoms with Gasteiger partial charge in [0.2, 0.25) is 0 Å². The maximum absolute atomic E-state index is 9.88. The van der Waals surface area contributed by atoms with Crippen LogP contribution in [0.4, 0.5) is 0 Å². The predicted octanol–water partition coefficient (Wildman–Crippen LogP) is 2.79. The van der Waals surface area contributed by atoms with Gasteiger partial charge < -0.3 is 5.11 Å². The van der Waals surface area contributed by atoms with Gasteiger partial charge in [0.15, 0.2) is 0 Å². The van der Waals surface area contributed by atoms with E-state index in [0.29, 0.717) is 0 Å². The van der Waals surface area contributed by atoms with Gasteiger partial charge in [-0.05, 0) is 36.5 Å². The van der Waals surface area contributed by atoms with Gasteiger partial charge in [-0.15, -0.1) is 11.8 Å². The maximum Gasteiger partial charge on any atom is 0.0690 e. The Hall–Kier alpha value is -0.470. The molecule has 1 fully saturated rings. The highest BCUT2D eigenvalue weighted by molar-refractivity contribution is 8.00. The number of hydrogen-bond acceptors (Lipinski definition) is 2. The van der Waals surface area contributed by atoms with Gasteiger partial charge in [0.05, 0.1) is 5.60 Å². The van der Waals surface area contributed by atoms with Gasteiger partial charge in [0, 0.05) is 16.6 Å². The summed E-state index contributed by atoms with van der Waals surface area (Å²) in [5.41, 5.74) is 2.43. The summed E-state index contributed by atoms with van der Waals surface area (Å²) in [7, 11) is 0. The molecular formula is C13H16OS. The second-order valence-electron chi connectivity index (χ2n) is 4.98. The third kappa shape index (κ3) is 1.93. The van der Waals surface area contributed by atoms with Gasteiger partial charge >= 0.3 is 0 Å². The molecule has 3 rings (SSSR count). The van der Waals surface area contributed by atoms with Crippen molar-refractivity contribution in [3.05, 3.63) is 29.3 Å². The summed E-state index contributed by atoms with van der Waals surface area (Å²) in [6.45, 7) is 2.28. The molecule has 1 aromatic carbocycles. The first kappa shape index (κ1) is 9.73. The van der Waals surface area contributed by atoms with E-state index in [1.54, 1.807) is 0 Å². The van der Waals surface area contributed by atoms with Crippen LogP contribution in [0, 0.1) is 0 Å². The summed E-state index contributed by atoms with van der Waals surface area (Å²) in [5.74, 6) is 0. The molecule has 1 heterocycles. The van der Waals surface area contributed by atoms with Crippen molar-refractivity contribution >= 4 is 11.8 Å². The fraction of sp³-hybridized carbons (Fsp3) is 0.538. The van der Waals surface area contributed by atoms with Gasteiger partial charge in [0.25, 0.3) is 0 Å². The quantitative estimate of drug-likeness (QED) is 0.827. The summed E-state index contributed by atoms with van der Waals surface area (Å²) >= 11 is 1.97. The molecule has 1 saturated carbocycles. The third-order valence-corrected chi connectivity index (χ3v) is 4.53. The summed E-state index contributed by atoms with van der Waals surface area (Å²) < 4.78 is 0. The molecule has 15 heavy (non-hydrogen) atoms. The Morgan fingerprint density at radius 3 is 3.00 bits per heavy atom. The number of hydrogen-bond donors (Lipinski definition) is 1. The summed E-state index contributed by atoms with van der Waals surface area (Å²) in [6.07, 6.45) is 4.00. The fourth-order valence-electron chi connectivity index (χ4n) is 2.26. The lowest BCUT2D eigenvalue weighted by molar-refractivity contribution is 0.151. The number of rotatable bonds is 2. The van der Waals surface area contributed by atoms with E-state index >= 15 is 0 Å². The largest absolute Gasteiger partial charge is 0.390 e. The smallest absolute Gasteiger partial charge is 0.0690 e. The highest BCUT2D eigenvalue weighted by Crippen LogP contribution is 2.41. The lowest BCUT2D eigenvalue weighted by Gasteiger charge is -2.08. The Bertz CT molecular complexity index is 396. The Morgan fingerprint density at radius 2 is 2.27 bits per heavy atom. The minimum atomic E-state index is -0.358. The highest BCUT2D eigenvalue weighted by atomic mass is 32.2. The first-order valence-corrected chi connectivity index (χ1v) is 6.53. The lowest BCUT2D eigenvalue weighted by atomic mass is 10.0. The molecular weight excluding hydrogens is 204 g/mol. The number of thioether (sulfide) groups is 1. The Kier molecular flexibility index (Phi) is 2.12. The molecule has 1 aliphatic heterocycles. The second kappa shape index (κ2) is 3.26. The van der Waals surface area contributed by atoms with E-state index in [1.165, 1.54) is 22.4 Å². The monoisotopic (exact) mass is 220 g/mol. The molecule has 1 N–H and O–H groups in total. The van der Waals surface area contributed by atoms with Gasteiger partial charge in [0.1, 0.15) is 0 Å². The fourth-order valence-corrected chi connectivity index (χ4v) is 3.47. The van der Waals surface area contributed by atoms with E-state index in [4.69, 9.17) is 0 Å². The topological polar surface area (TPSA) is 20.2 Å². The molecule has 0 aromatic heterocycles. The van der Waals surface area contributed by atoms with Gasteiger partial charge in [-0.25, -0.2) is 0 Å². The molecule has 0 spiro atoms. The zero-order chi connectivity index (χ0) is 10.5. The van der Waals surface area contributed by atoms with Crippen LogP contribution in [0.5, 0.6) is 0 Å². The van der Waals surface area contributed by atoms with Crippen LogP contribution in [0.2, 0.25) is 0 Å². The summed E-state index contributed by atoms with van der Waals surface area (Å²) in [5, 5.41) is 10.6. The molecule has 0 radical (unpaired) electrons. The van der Waals surface area contributed by atoms with Crippen molar-refractivity contribution in [2.45, 2.75) is 48.4 Å². The molecule has 0 bridgehead atoms. The third-order valence-electron chi connectivity index (χ3n) is 3.33. The Balaban J connectivity index is 1.83. The van der Waals surface area contributed by atoms with Crippen LogP contribution in [0.3, 0.4) is 0 Å². The van der Waals surface area contributed by atoms with E-state index < -0.39 is 0 Å². The van der Waals surface area contributed by atoms with Crippen molar-refractivity contribution < 1.29 is 5.11 Å². The zero-order valence-corrected chi connectivity index (χ0v) is 9.81. The van der Waals surface area contributed by atoms with Gasteiger partial charge in [-0.3, -0.25) is 0 Å². The van der Waals surface area contributed by atoms with Crippen molar-refractivity contribution in [3.8, 4) is 0 Å². The van der Waals surface area contributed by atoms with Crippen molar-refractivity contribution in [1.29, 1.82) is 0 Å². The predicted molar refractivity (Wildman–Crippen MR) is 63.4 cm³/mol. The molecule has 1 aromatic rings. The van der Waals surface area contributed by atoms with Crippen molar-refractivity contribution in [2.75, 3.05) is 0 Å². The van der Waals surface area contributed by atoms with Crippen LogP contribution >= 0.6 is 11.8 Å². The molecule has 2 heteroatoms. The van der Waals surface area contributed by atoms with E-state index in [2.05, 4.69) is 25.1 Å². The van der Waals surface area contributed by atoms with Crippen LogP contribution in [0.1, 0.15) is 30.9 Å². The standard InChI is InChI=1S/C13H16OS/c1-9-6-11-3-2-10(7-12(11)15-9)8-13(14)4-5-13/h2-3,7,9,14H,4-6,8H2,1H3. The molecule has 1 aliphatic carbocycles. The first-order chi connectivity index (χ1) is 7.15. The van der Waals surface area contributed by atoms with E-state index in [9.17, 15) is 5.11 Å². The van der Waals surface area contributed by atoms with Crippen molar-refractivity contribution in [3.63, 3.8) is 0 Å². The van der Waals surface area contributed by atoms with E-state index in [1.807, 2.05) is 11.8 Å². The van der Waals surface area contributed by atoms with Crippen molar-refractivity contribution in [2.24, 2.45) is 0 Å². The number of aliphatic hydroxyl groups is 1. The first-order valence-electron chi connectivity index (χ1n) is 5.65. The zero-order valence-electron chi connectivity index (χ0n) is 8.99. The van der Waals surface area contributed by atoms with E-state index in [0.717, 1.165) is 24.5 Å². The summed E-state index contributed by atoms with van der Waals surface area (Å²) in [4.78, 5) is 1.43. The Labute approximate surface area is 94.9 Å². The van der Waals surface area contributed by atoms with Gasteiger partial charge in [-0.2, -0.15) is 0 Å². The normalized spacial score (nSPS) is 26.4. The van der Waals surface area contributed by atoms with Crippen LogP contribution in [-0.4, -0.2) is 16.0 Å². The van der Waals surface area contributed by atoms with Crippen LogP contribution in [0.25, 0.3) is 0 Å². The van der Waals surface area contributed by atoms with Crippen molar-refractivity contribution in [1.82, 2.24) is 0 Å². The molecule has 2 aliphatic rings. The minimum absolute atomic E-state index is 0.358. The Morgan fingerprint density at radius 1 is 1.47 bits per heavy atom. The average molecular weight is 220 g/mol. The molecule has 1 atom stereocenters. The second-order valence-corrected chi connectivity index (χ2v) is 6.46.